The van der Waals surface area contributed by atoms with E-state index in [0.29, 0.717) is 18.8 Å². The van der Waals surface area contributed by atoms with Gasteiger partial charge in [0.2, 0.25) is 0 Å². The van der Waals surface area contributed by atoms with Crippen molar-refractivity contribution >= 4 is 28.7 Å². The first-order chi connectivity index (χ1) is 9.75. The van der Waals surface area contributed by atoms with Gasteiger partial charge in [0.25, 0.3) is 5.91 Å². The Morgan fingerprint density at radius 1 is 1.20 bits per heavy atom. The number of nitrogens with zero attached hydrogens (tertiary/aromatic N) is 3. The second-order valence-electron chi connectivity index (χ2n) is 4.67. The first-order valence-electron chi connectivity index (χ1n) is 6.54. The molecule has 0 unspecified atom stereocenters. The molecule has 0 atom stereocenters. The van der Waals surface area contributed by atoms with E-state index in [2.05, 4.69) is 9.88 Å². The Labute approximate surface area is 121 Å². The second kappa shape index (κ2) is 5.50. The summed E-state index contributed by atoms with van der Waals surface area (Å²) in [7, 11) is 0. The third-order valence-electron chi connectivity index (χ3n) is 3.42. The molecule has 0 bridgehead atoms. The van der Waals surface area contributed by atoms with E-state index >= 15 is 0 Å². The summed E-state index contributed by atoms with van der Waals surface area (Å²) in [6, 6.07) is 7.46. The van der Waals surface area contributed by atoms with Crippen molar-refractivity contribution in [2.75, 3.05) is 36.8 Å². The van der Waals surface area contributed by atoms with E-state index in [9.17, 15) is 4.79 Å². The van der Waals surface area contributed by atoms with Crippen molar-refractivity contribution in [3.05, 3.63) is 40.7 Å². The number of amides is 1. The van der Waals surface area contributed by atoms with Crippen molar-refractivity contribution in [1.29, 1.82) is 0 Å². The van der Waals surface area contributed by atoms with Crippen molar-refractivity contribution in [3.63, 3.8) is 0 Å². The van der Waals surface area contributed by atoms with E-state index in [1.165, 1.54) is 11.3 Å². The van der Waals surface area contributed by atoms with Gasteiger partial charge in [-0.15, -0.1) is 11.3 Å². The smallest absolute Gasteiger partial charge is 0.264 e. The molecule has 20 heavy (non-hydrogen) atoms. The van der Waals surface area contributed by atoms with Crippen LogP contribution in [-0.2, 0) is 0 Å². The van der Waals surface area contributed by atoms with Gasteiger partial charge in [0.05, 0.1) is 10.6 Å². The molecular formula is C14H16N4OS. The van der Waals surface area contributed by atoms with Crippen molar-refractivity contribution in [1.82, 2.24) is 9.88 Å². The number of aromatic nitrogens is 1. The van der Waals surface area contributed by atoms with E-state index in [-0.39, 0.29) is 5.91 Å². The van der Waals surface area contributed by atoms with Crippen molar-refractivity contribution in [3.8, 4) is 0 Å². The highest BCUT2D eigenvalue weighted by Crippen LogP contribution is 2.21. The largest absolute Gasteiger partial charge is 0.396 e. The average Bonchev–Trinajstić information content (AvgIpc) is 3.01. The fourth-order valence-electron chi connectivity index (χ4n) is 2.35. The lowest BCUT2D eigenvalue weighted by atomic mass is 10.2. The van der Waals surface area contributed by atoms with Gasteiger partial charge in [-0.2, -0.15) is 0 Å². The van der Waals surface area contributed by atoms with E-state index in [0.717, 1.165) is 23.8 Å². The number of nitrogens with two attached hydrogens (primary N) is 1. The molecule has 1 aliphatic rings. The summed E-state index contributed by atoms with van der Waals surface area (Å²) >= 11 is 1.49. The fraction of sp³-hybridized carbons (Fsp3) is 0.286. The van der Waals surface area contributed by atoms with Gasteiger partial charge in [-0.1, -0.05) is 6.07 Å². The Bertz CT molecular complexity index is 591. The number of carbonyl (C=O) groups is 1. The molecule has 6 heteroatoms. The van der Waals surface area contributed by atoms with Crippen molar-refractivity contribution < 1.29 is 4.79 Å². The molecule has 2 aromatic heterocycles. The van der Waals surface area contributed by atoms with Crippen LogP contribution in [0.3, 0.4) is 0 Å². The molecule has 3 rings (SSSR count). The zero-order valence-corrected chi connectivity index (χ0v) is 11.8. The Morgan fingerprint density at radius 2 is 2.00 bits per heavy atom. The molecule has 1 fully saturated rings. The molecule has 104 valence electrons. The van der Waals surface area contributed by atoms with Gasteiger partial charge in [0.15, 0.2) is 5.82 Å². The number of rotatable bonds is 2. The zero-order valence-electron chi connectivity index (χ0n) is 11.0. The highest BCUT2D eigenvalue weighted by atomic mass is 32.1. The number of anilines is 2. The summed E-state index contributed by atoms with van der Waals surface area (Å²) in [5.41, 5.74) is 6.63. The lowest BCUT2D eigenvalue weighted by Crippen LogP contribution is -2.49. The molecule has 0 aromatic carbocycles. The molecule has 1 saturated heterocycles. The quantitative estimate of drug-likeness (QED) is 0.913. The molecular weight excluding hydrogens is 272 g/mol. The summed E-state index contributed by atoms with van der Waals surface area (Å²) in [6.07, 6.45) is 1.74. The van der Waals surface area contributed by atoms with E-state index in [1.54, 1.807) is 6.20 Å². The molecule has 1 aliphatic heterocycles. The number of nitrogen functional groups attached to an aromatic ring is 1. The lowest BCUT2D eigenvalue weighted by Gasteiger charge is -2.35. The standard InChI is InChI=1S/C14H16N4OS/c15-11-3-1-5-16-13(11)17-6-8-18(9-7-17)14(19)12-4-2-10-20-12/h1-5,10H,6-9,15H2. The number of thiophene rings is 1. The van der Waals surface area contributed by atoms with Gasteiger partial charge in [0.1, 0.15) is 0 Å². The normalized spacial score (nSPS) is 15.4. The SMILES string of the molecule is Nc1cccnc1N1CCN(C(=O)c2cccs2)CC1. The lowest BCUT2D eigenvalue weighted by molar-refractivity contribution is 0.0751. The minimum atomic E-state index is 0.119. The number of hydrogen-bond acceptors (Lipinski definition) is 5. The maximum atomic E-state index is 12.2. The van der Waals surface area contributed by atoms with Gasteiger partial charge in [-0.3, -0.25) is 4.79 Å². The molecule has 0 radical (unpaired) electrons. The Balaban J connectivity index is 1.65. The van der Waals surface area contributed by atoms with Gasteiger partial charge >= 0.3 is 0 Å². The highest BCUT2D eigenvalue weighted by Gasteiger charge is 2.23. The summed E-state index contributed by atoms with van der Waals surface area (Å²) in [5.74, 6) is 0.935. The molecule has 2 N–H and O–H groups in total. The first kappa shape index (κ1) is 12.9. The summed E-state index contributed by atoms with van der Waals surface area (Å²) in [4.78, 5) is 21.4. The van der Waals surface area contributed by atoms with E-state index in [4.69, 9.17) is 5.73 Å². The topological polar surface area (TPSA) is 62.5 Å². The fourth-order valence-corrected chi connectivity index (χ4v) is 3.04. The van der Waals surface area contributed by atoms with Gasteiger partial charge in [-0.25, -0.2) is 4.98 Å². The molecule has 5 nitrogen and oxygen atoms in total. The van der Waals surface area contributed by atoms with Crippen molar-refractivity contribution in [2.45, 2.75) is 0 Å². The molecule has 2 aromatic rings. The van der Waals surface area contributed by atoms with Crippen LogP contribution in [0.4, 0.5) is 11.5 Å². The number of hydrogen-bond donors (Lipinski definition) is 1. The number of pyridine rings is 1. The third kappa shape index (κ3) is 2.46. The molecule has 1 amide bonds. The zero-order chi connectivity index (χ0) is 13.9. The van der Waals surface area contributed by atoms with Gasteiger partial charge in [-0.05, 0) is 23.6 Å². The number of carbonyl (C=O) groups excluding carboxylic acids is 1. The van der Waals surface area contributed by atoms with Crippen LogP contribution in [0.2, 0.25) is 0 Å². The van der Waals surface area contributed by atoms with Crippen LogP contribution in [0, 0.1) is 0 Å². The summed E-state index contributed by atoms with van der Waals surface area (Å²) < 4.78 is 0. The Hall–Kier alpha value is -2.08. The van der Waals surface area contributed by atoms with Crippen LogP contribution in [0.15, 0.2) is 35.8 Å². The van der Waals surface area contributed by atoms with Crippen LogP contribution in [-0.4, -0.2) is 42.0 Å². The van der Waals surface area contributed by atoms with E-state index < -0.39 is 0 Å². The van der Waals surface area contributed by atoms with Crippen LogP contribution < -0.4 is 10.6 Å². The Kier molecular flexibility index (Phi) is 3.56. The van der Waals surface area contributed by atoms with Crippen LogP contribution in [0.1, 0.15) is 9.67 Å². The summed E-state index contributed by atoms with van der Waals surface area (Å²) in [6.45, 7) is 2.93. The van der Waals surface area contributed by atoms with Gasteiger partial charge in [0, 0.05) is 32.4 Å². The Morgan fingerprint density at radius 3 is 2.65 bits per heavy atom. The molecule has 0 spiro atoms. The van der Waals surface area contributed by atoms with Crippen molar-refractivity contribution in [2.24, 2.45) is 0 Å². The highest BCUT2D eigenvalue weighted by molar-refractivity contribution is 7.12. The predicted molar refractivity (Wildman–Crippen MR) is 81.1 cm³/mol. The number of piperazine rings is 1. The van der Waals surface area contributed by atoms with Gasteiger partial charge < -0.3 is 15.5 Å². The van der Waals surface area contributed by atoms with Crippen LogP contribution in [0.5, 0.6) is 0 Å². The third-order valence-corrected chi connectivity index (χ3v) is 4.27. The monoisotopic (exact) mass is 288 g/mol. The predicted octanol–water partition coefficient (Wildman–Crippen LogP) is 1.69. The van der Waals surface area contributed by atoms with Crippen LogP contribution in [0.25, 0.3) is 0 Å². The minimum absolute atomic E-state index is 0.119. The second-order valence-corrected chi connectivity index (χ2v) is 5.62. The maximum Gasteiger partial charge on any atom is 0.264 e. The molecule has 0 saturated carbocycles. The average molecular weight is 288 g/mol. The minimum Gasteiger partial charge on any atom is -0.396 e. The molecule has 3 heterocycles. The van der Waals surface area contributed by atoms with E-state index in [1.807, 2.05) is 34.5 Å². The molecule has 0 aliphatic carbocycles. The maximum absolute atomic E-state index is 12.2. The van der Waals surface area contributed by atoms with Crippen LogP contribution >= 0.6 is 11.3 Å². The first-order valence-corrected chi connectivity index (χ1v) is 7.42. The summed E-state index contributed by atoms with van der Waals surface area (Å²) in [5, 5.41) is 1.93.